The molecule has 0 fully saturated rings. The third-order valence-corrected chi connectivity index (χ3v) is 3.39. The first kappa shape index (κ1) is 15.7. The molecule has 0 unspecified atom stereocenters. The van der Waals surface area contributed by atoms with Crippen molar-refractivity contribution < 1.29 is 19.6 Å². The van der Waals surface area contributed by atoms with Crippen molar-refractivity contribution in [2.24, 2.45) is 0 Å². The van der Waals surface area contributed by atoms with E-state index in [-0.39, 0.29) is 17.1 Å². The summed E-state index contributed by atoms with van der Waals surface area (Å²) in [5, 5.41) is 23.3. The molecule has 0 bridgehead atoms. The minimum atomic E-state index is -1.24. The van der Waals surface area contributed by atoms with E-state index in [4.69, 9.17) is 4.74 Å². The number of aliphatic carboxylic acids is 1. The Bertz CT molecular complexity index is 511. The highest BCUT2D eigenvalue weighted by molar-refractivity contribution is 5.84. The van der Waals surface area contributed by atoms with Crippen molar-refractivity contribution in [1.82, 2.24) is 0 Å². The van der Waals surface area contributed by atoms with Crippen LogP contribution in [-0.2, 0) is 4.79 Å². The standard InChI is InChI=1S/C13H18N2O5/c1-4-13(5-2,12(16)17)14-9-7-6-8-10(20-3)11(9)15(18)19/h6-8,14H,4-5H2,1-3H3,(H,16,17). The first-order valence-corrected chi connectivity index (χ1v) is 6.24. The van der Waals surface area contributed by atoms with Crippen LogP contribution in [0, 0.1) is 10.1 Å². The smallest absolute Gasteiger partial charge is 0.333 e. The van der Waals surface area contributed by atoms with Gasteiger partial charge in [-0.3, -0.25) is 10.1 Å². The maximum atomic E-state index is 11.5. The third-order valence-electron chi connectivity index (χ3n) is 3.39. The van der Waals surface area contributed by atoms with E-state index in [1.165, 1.54) is 19.2 Å². The normalized spacial score (nSPS) is 10.9. The Labute approximate surface area is 116 Å². The maximum Gasteiger partial charge on any atom is 0.333 e. The lowest BCUT2D eigenvalue weighted by molar-refractivity contribution is -0.384. The number of ether oxygens (including phenoxy) is 1. The molecule has 0 aliphatic carbocycles. The van der Waals surface area contributed by atoms with E-state index in [2.05, 4.69) is 5.32 Å². The molecular weight excluding hydrogens is 264 g/mol. The number of nitro groups is 1. The number of nitro benzene ring substituents is 1. The number of para-hydroxylation sites is 1. The largest absolute Gasteiger partial charge is 0.490 e. The highest BCUT2D eigenvalue weighted by Gasteiger charge is 2.37. The van der Waals surface area contributed by atoms with Crippen molar-refractivity contribution >= 4 is 17.3 Å². The van der Waals surface area contributed by atoms with Crippen LogP contribution >= 0.6 is 0 Å². The van der Waals surface area contributed by atoms with Gasteiger partial charge in [-0.2, -0.15) is 0 Å². The second-order valence-corrected chi connectivity index (χ2v) is 4.33. The van der Waals surface area contributed by atoms with Gasteiger partial charge in [0.15, 0.2) is 5.75 Å². The number of benzene rings is 1. The molecule has 0 aliphatic rings. The highest BCUT2D eigenvalue weighted by Crippen LogP contribution is 2.37. The van der Waals surface area contributed by atoms with E-state index in [0.717, 1.165) is 0 Å². The third kappa shape index (κ3) is 2.81. The van der Waals surface area contributed by atoms with Gasteiger partial charge in [-0.25, -0.2) is 4.79 Å². The van der Waals surface area contributed by atoms with Gasteiger partial charge < -0.3 is 15.2 Å². The first-order chi connectivity index (χ1) is 9.41. The summed E-state index contributed by atoms with van der Waals surface area (Å²) < 4.78 is 4.96. The molecule has 2 N–H and O–H groups in total. The summed E-state index contributed by atoms with van der Waals surface area (Å²) in [5.74, 6) is -0.953. The van der Waals surface area contributed by atoms with Crippen LogP contribution in [0.4, 0.5) is 11.4 Å². The molecule has 1 aromatic rings. The summed E-state index contributed by atoms with van der Waals surface area (Å²) in [7, 11) is 1.33. The van der Waals surface area contributed by atoms with Gasteiger partial charge in [-0.15, -0.1) is 0 Å². The molecular formula is C13H18N2O5. The lowest BCUT2D eigenvalue weighted by Crippen LogP contribution is -2.45. The lowest BCUT2D eigenvalue weighted by atomic mass is 9.92. The average molecular weight is 282 g/mol. The predicted octanol–water partition coefficient (Wildman–Crippen LogP) is 2.66. The fourth-order valence-corrected chi connectivity index (χ4v) is 2.02. The topological polar surface area (TPSA) is 102 Å². The summed E-state index contributed by atoms with van der Waals surface area (Å²) in [6, 6.07) is 4.51. The van der Waals surface area contributed by atoms with Crippen LogP contribution < -0.4 is 10.1 Å². The zero-order valence-electron chi connectivity index (χ0n) is 11.7. The van der Waals surface area contributed by atoms with E-state index < -0.39 is 16.4 Å². The molecule has 20 heavy (non-hydrogen) atoms. The Kier molecular flexibility index (Phi) is 4.90. The lowest BCUT2D eigenvalue weighted by Gasteiger charge is -2.29. The summed E-state index contributed by atoms with van der Waals surface area (Å²) in [6.07, 6.45) is 0.598. The van der Waals surface area contributed by atoms with Crippen molar-refractivity contribution in [3.8, 4) is 5.75 Å². The SMILES string of the molecule is CCC(CC)(Nc1cccc(OC)c1[N+](=O)[O-])C(=O)O. The summed E-state index contributed by atoms with van der Waals surface area (Å²) in [4.78, 5) is 22.0. The van der Waals surface area contributed by atoms with E-state index in [1.54, 1.807) is 19.9 Å². The Morgan fingerprint density at radius 2 is 2.05 bits per heavy atom. The highest BCUT2D eigenvalue weighted by atomic mass is 16.6. The number of rotatable bonds is 7. The van der Waals surface area contributed by atoms with Gasteiger partial charge in [-0.1, -0.05) is 19.9 Å². The van der Waals surface area contributed by atoms with Gasteiger partial charge in [0.2, 0.25) is 0 Å². The molecule has 1 aromatic carbocycles. The summed E-state index contributed by atoms with van der Waals surface area (Å²) in [5.41, 5.74) is -1.36. The second kappa shape index (κ2) is 6.23. The molecule has 7 nitrogen and oxygen atoms in total. The molecule has 7 heteroatoms. The Hall–Kier alpha value is -2.31. The first-order valence-electron chi connectivity index (χ1n) is 6.24. The molecule has 1 rings (SSSR count). The van der Waals surface area contributed by atoms with E-state index in [0.29, 0.717) is 12.8 Å². The molecule has 0 aliphatic heterocycles. The number of carboxylic acid groups (broad SMARTS) is 1. The van der Waals surface area contributed by atoms with Crippen LogP contribution in [0.3, 0.4) is 0 Å². The fourth-order valence-electron chi connectivity index (χ4n) is 2.02. The number of anilines is 1. The molecule has 0 spiro atoms. The van der Waals surface area contributed by atoms with E-state index in [9.17, 15) is 20.0 Å². The van der Waals surface area contributed by atoms with Crippen molar-refractivity contribution in [1.29, 1.82) is 0 Å². The van der Waals surface area contributed by atoms with Crippen molar-refractivity contribution in [3.63, 3.8) is 0 Å². The predicted molar refractivity (Wildman–Crippen MR) is 74.2 cm³/mol. The van der Waals surface area contributed by atoms with E-state index >= 15 is 0 Å². The zero-order chi connectivity index (χ0) is 15.3. The van der Waals surface area contributed by atoms with Gasteiger partial charge in [0.1, 0.15) is 11.2 Å². The molecule has 0 atom stereocenters. The van der Waals surface area contributed by atoms with E-state index in [1.807, 2.05) is 0 Å². The average Bonchev–Trinajstić information content (AvgIpc) is 2.43. The number of nitrogens with zero attached hydrogens (tertiary/aromatic N) is 1. The van der Waals surface area contributed by atoms with Crippen molar-refractivity contribution in [2.75, 3.05) is 12.4 Å². The minimum Gasteiger partial charge on any atom is -0.490 e. The summed E-state index contributed by atoms with van der Waals surface area (Å²) >= 11 is 0. The quantitative estimate of drug-likeness (QED) is 0.589. The van der Waals surface area contributed by atoms with Crippen molar-refractivity contribution in [2.45, 2.75) is 32.2 Å². The Morgan fingerprint density at radius 1 is 1.45 bits per heavy atom. The van der Waals surface area contributed by atoms with Crippen LogP contribution in [0.25, 0.3) is 0 Å². The Morgan fingerprint density at radius 3 is 2.45 bits per heavy atom. The minimum absolute atomic E-state index is 0.0893. The molecule has 0 saturated heterocycles. The number of nitrogens with one attached hydrogen (secondary N) is 1. The van der Waals surface area contributed by atoms with Gasteiger partial charge in [-0.05, 0) is 25.0 Å². The molecule has 110 valence electrons. The number of hydrogen-bond donors (Lipinski definition) is 2. The second-order valence-electron chi connectivity index (χ2n) is 4.33. The number of hydrogen-bond acceptors (Lipinski definition) is 5. The van der Waals surface area contributed by atoms with Crippen LogP contribution in [0.1, 0.15) is 26.7 Å². The monoisotopic (exact) mass is 282 g/mol. The molecule has 0 heterocycles. The van der Waals surface area contributed by atoms with Gasteiger partial charge in [0, 0.05) is 0 Å². The van der Waals surface area contributed by atoms with Crippen LogP contribution in [0.5, 0.6) is 5.75 Å². The molecule has 0 aromatic heterocycles. The van der Waals surface area contributed by atoms with Crippen LogP contribution in [0.15, 0.2) is 18.2 Å². The molecule has 0 saturated carbocycles. The van der Waals surface area contributed by atoms with Crippen molar-refractivity contribution in [3.05, 3.63) is 28.3 Å². The molecule has 0 amide bonds. The zero-order valence-corrected chi connectivity index (χ0v) is 11.7. The number of methoxy groups -OCH3 is 1. The Balaban J connectivity index is 3.33. The van der Waals surface area contributed by atoms with Gasteiger partial charge >= 0.3 is 11.7 Å². The summed E-state index contributed by atoms with van der Waals surface area (Å²) in [6.45, 7) is 3.44. The number of carboxylic acids is 1. The van der Waals surface area contributed by atoms with Crippen LogP contribution in [-0.4, -0.2) is 28.6 Å². The van der Waals surface area contributed by atoms with Gasteiger partial charge in [0.25, 0.3) is 0 Å². The molecule has 0 radical (unpaired) electrons. The fraction of sp³-hybridized carbons (Fsp3) is 0.462. The van der Waals surface area contributed by atoms with Crippen LogP contribution in [0.2, 0.25) is 0 Å². The van der Waals surface area contributed by atoms with Gasteiger partial charge in [0.05, 0.1) is 12.0 Å². The maximum absolute atomic E-state index is 11.5. The number of carbonyl (C=O) groups is 1.